The number of likely N-dealkylation sites (tertiary alicyclic amines) is 1. The standard InChI is InChI=1S/C18H27NO2/c1-4-15-6-5-10-19(11-9-15)13-17(20)16-8-7-14(2)12-18(16)21-3/h7-8,12,15H,4-6,9-11,13H2,1-3H3. The van der Waals surface area contributed by atoms with Crippen LogP contribution >= 0.6 is 0 Å². The maximum Gasteiger partial charge on any atom is 0.180 e. The quantitative estimate of drug-likeness (QED) is 0.774. The molecule has 116 valence electrons. The highest BCUT2D eigenvalue weighted by atomic mass is 16.5. The Hall–Kier alpha value is -1.35. The lowest BCUT2D eigenvalue weighted by molar-refractivity contribution is 0.0929. The van der Waals surface area contributed by atoms with Crippen molar-refractivity contribution in [1.82, 2.24) is 4.90 Å². The van der Waals surface area contributed by atoms with Crippen LogP contribution in [0.1, 0.15) is 48.5 Å². The average molecular weight is 289 g/mol. The van der Waals surface area contributed by atoms with E-state index in [2.05, 4.69) is 11.8 Å². The fraction of sp³-hybridized carbons (Fsp3) is 0.611. The van der Waals surface area contributed by atoms with E-state index in [-0.39, 0.29) is 5.78 Å². The van der Waals surface area contributed by atoms with Crippen molar-refractivity contribution in [2.45, 2.75) is 39.5 Å². The van der Waals surface area contributed by atoms with Crippen LogP contribution in [0.3, 0.4) is 0 Å². The Morgan fingerprint density at radius 3 is 2.86 bits per heavy atom. The van der Waals surface area contributed by atoms with Crippen LogP contribution in [0.2, 0.25) is 0 Å². The van der Waals surface area contributed by atoms with Gasteiger partial charge >= 0.3 is 0 Å². The molecule has 0 aromatic heterocycles. The number of benzene rings is 1. The van der Waals surface area contributed by atoms with Crippen LogP contribution in [0.25, 0.3) is 0 Å². The number of hydrogen-bond donors (Lipinski definition) is 0. The molecule has 0 aliphatic carbocycles. The van der Waals surface area contributed by atoms with Crippen LogP contribution in [0, 0.1) is 12.8 Å². The molecule has 3 nitrogen and oxygen atoms in total. The molecule has 21 heavy (non-hydrogen) atoms. The second-order valence-electron chi connectivity index (χ2n) is 6.11. The maximum absolute atomic E-state index is 12.5. The van der Waals surface area contributed by atoms with Crippen LogP contribution in [0.15, 0.2) is 18.2 Å². The highest BCUT2D eigenvalue weighted by Gasteiger charge is 2.20. The Morgan fingerprint density at radius 2 is 2.14 bits per heavy atom. The van der Waals surface area contributed by atoms with Crippen molar-refractivity contribution >= 4 is 5.78 Å². The maximum atomic E-state index is 12.5. The topological polar surface area (TPSA) is 29.5 Å². The summed E-state index contributed by atoms with van der Waals surface area (Å²) in [6.45, 7) is 6.86. The fourth-order valence-electron chi connectivity index (χ4n) is 3.11. The van der Waals surface area contributed by atoms with Crippen LogP contribution < -0.4 is 4.74 Å². The van der Waals surface area contributed by atoms with Gasteiger partial charge in [-0.15, -0.1) is 0 Å². The molecule has 0 saturated carbocycles. The summed E-state index contributed by atoms with van der Waals surface area (Å²) in [6, 6.07) is 5.80. The minimum Gasteiger partial charge on any atom is -0.496 e. The second-order valence-corrected chi connectivity index (χ2v) is 6.11. The molecular formula is C18H27NO2. The molecule has 1 aliphatic heterocycles. The largest absolute Gasteiger partial charge is 0.496 e. The minimum atomic E-state index is 0.168. The van der Waals surface area contributed by atoms with Gasteiger partial charge in [0, 0.05) is 0 Å². The average Bonchev–Trinajstić information content (AvgIpc) is 2.72. The normalized spacial score (nSPS) is 20.0. The van der Waals surface area contributed by atoms with E-state index in [9.17, 15) is 4.79 Å². The van der Waals surface area contributed by atoms with E-state index in [0.717, 1.165) is 24.6 Å². The first kappa shape index (κ1) is 16.0. The van der Waals surface area contributed by atoms with Gasteiger partial charge in [-0.3, -0.25) is 9.69 Å². The summed E-state index contributed by atoms with van der Waals surface area (Å²) in [7, 11) is 1.63. The number of methoxy groups -OCH3 is 1. The molecule has 1 aromatic carbocycles. The summed E-state index contributed by atoms with van der Waals surface area (Å²) in [6.07, 6.45) is 4.98. The van der Waals surface area contributed by atoms with Crippen LogP contribution in [0.5, 0.6) is 5.75 Å². The first-order chi connectivity index (χ1) is 10.1. The van der Waals surface area contributed by atoms with Gasteiger partial charge < -0.3 is 4.74 Å². The van der Waals surface area contributed by atoms with Gasteiger partial charge in [0.15, 0.2) is 5.78 Å². The number of aryl methyl sites for hydroxylation is 1. The van der Waals surface area contributed by atoms with Crippen LogP contribution in [-0.4, -0.2) is 37.4 Å². The van der Waals surface area contributed by atoms with Crippen LogP contribution in [-0.2, 0) is 0 Å². The number of nitrogens with zero attached hydrogens (tertiary/aromatic N) is 1. The van der Waals surface area contributed by atoms with Gasteiger partial charge in [0.2, 0.25) is 0 Å². The molecule has 0 bridgehead atoms. The Balaban J connectivity index is 2.01. The summed E-state index contributed by atoms with van der Waals surface area (Å²) < 4.78 is 5.36. The second kappa shape index (κ2) is 7.60. The van der Waals surface area contributed by atoms with E-state index in [0.29, 0.717) is 17.9 Å². The molecule has 0 N–H and O–H groups in total. The number of carbonyl (C=O) groups excluding carboxylic acids is 1. The Morgan fingerprint density at radius 1 is 1.33 bits per heavy atom. The molecule has 0 spiro atoms. The van der Waals surface area contributed by atoms with Gasteiger partial charge in [-0.2, -0.15) is 0 Å². The highest BCUT2D eigenvalue weighted by Crippen LogP contribution is 2.23. The Bertz CT molecular complexity index is 484. The Labute approximate surface area is 128 Å². The summed E-state index contributed by atoms with van der Waals surface area (Å²) in [4.78, 5) is 14.8. The zero-order chi connectivity index (χ0) is 15.2. The lowest BCUT2D eigenvalue weighted by atomic mass is 9.98. The van der Waals surface area contributed by atoms with E-state index in [4.69, 9.17) is 4.74 Å². The molecule has 1 unspecified atom stereocenters. The molecule has 1 saturated heterocycles. The molecule has 1 aliphatic rings. The van der Waals surface area contributed by atoms with Crippen molar-refractivity contribution in [3.05, 3.63) is 29.3 Å². The van der Waals surface area contributed by atoms with Gasteiger partial charge in [-0.05, 0) is 62.9 Å². The van der Waals surface area contributed by atoms with Gasteiger partial charge in [0.05, 0.1) is 19.2 Å². The van der Waals surface area contributed by atoms with E-state index < -0.39 is 0 Å². The lowest BCUT2D eigenvalue weighted by Crippen LogP contribution is -2.31. The van der Waals surface area contributed by atoms with Crippen molar-refractivity contribution in [3.8, 4) is 5.75 Å². The van der Waals surface area contributed by atoms with Gasteiger partial charge in [-0.1, -0.05) is 19.4 Å². The molecule has 1 aromatic rings. The predicted octanol–water partition coefficient (Wildman–Crippen LogP) is 3.70. The summed E-state index contributed by atoms with van der Waals surface area (Å²) in [5.74, 6) is 1.70. The van der Waals surface area contributed by atoms with Gasteiger partial charge in [0.25, 0.3) is 0 Å². The molecule has 2 rings (SSSR count). The SMILES string of the molecule is CCC1CCCN(CC(=O)c2ccc(C)cc2OC)CC1. The Kier molecular flexibility index (Phi) is 5.80. The van der Waals surface area contributed by atoms with Crippen molar-refractivity contribution in [2.75, 3.05) is 26.7 Å². The summed E-state index contributed by atoms with van der Waals surface area (Å²) in [5, 5.41) is 0. The zero-order valence-corrected chi connectivity index (χ0v) is 13.5. The molecule has 0 amide bonds. The third kappa shape index (κ3) is 4.31. The van der Waals surface area contributed by atoms with Crippen molar-refractivity contribution in [3.63, 3.8) is 0 Å². The smallest absolute Gasteiger partial charge is 0.180 e. The molecule has 1 heterocycles. The monoisotopic (exact) mass is 289 g/mol. The number of ketones is 1. The number of Topliss-reactive ketones (excluding diaryl/α,β-unsaturated/α-hetero) is 1. The number of rotatable bonds is 5. The fourth-order valence-corrected chi connectivity index (χ4v) is 3.11. The highest BCUT2D eigenvalue weighted by molar-refractivity contribution is 6.00. The van der Waals surface area contributed by atoms with Crippen molar-refractivity contribution in [2.24, 2.45) is 5.92 Å². The first-order valence-corrected chi connectivity index (χ1v) is 8.04. The van der Waals surface area contributed by atoms with E-state index in [1.54, 1.807) is 7.11 Å². The van der Waals surface area contributed by atoms with Gasteiger partial charge in [0.1, 0.15) is 5.75 Å². The number of carbonyl (C=O) groups is 1. The van der Waals surface area contributed by atoms with Crippen molar-refractivity contribution in [1.29, 1.82) is 0 Å². The third-order valence-corrected chi connectivity index (χ3v) is 4.54. The summed E-state index contributed by atoms with van der Waals surface area (Å²) in [5.41, 5.74) is 1.82. The molecule has 1 atom stereocenters. The van der Waals surface area contributed by atoms with E-state index in [1.165, 1.54) is 25.7 Å². The van der Waals surface area contributed by atoms with E-state index >= 15 is 0 Å². The first-order valence-electron chi connectivity index (χ1n) is 8.04. The van der Waals surface area contributed by atoms with Gasteiger partial charge in [-0.25, -0.2) is 0 Å². The van der Waals surface area contributed by atoms with Crippen molar-refractivity contribution < 1.29 is 9.53 Å². The molecular weight excluding hydrogens is 262 g/mol. The lowest BCUT2D eigenvalue weighted by Gasteiger charge is -2.20. The predicted molar refractivity (Wildman–Crippen MR) is 86.1 cm³/mol. The molecule has 1 fully saturated rings. The summed E-state index contributed by atoms with van der Waals surface area (Å²) >= 11 is 0. The third-order valence-electron chi connectivity index (χ3n) is 4.54. The molecule has 0 radical (unpaired) electrons. The zero-order valence-electron chi connectivity index (χ0n) is 13.5. The number of hydrogen-bond acceptors (Lipinski definition) is 3. The molecule has 3 heteroatoms. The number of ether oxygens (including phenoxy) is 1. The van der Waals surface area contributed by atoms with Crippen LogP contribution in [0.4, 0.5) is 0 Å². The van der Waals surface area contributed by atoms with E-state index in [1.807, 2.05) is 25.1 Å². The minimum absolute atomic E-state index is 0.168.